The molecular formula is C21H33NO4. The Morgan fingerprint density at radius 2 is 2.00 bits per heavy atom. The lowest BCUT2D eigenvalue weighted by Gasteiger charge is -2.36. The van der Waals surface area contributed by atoms with Crippen molar-refractivity contribution in [2.24, 2.45) is 0 Å². The lowest BCUT2D eigenvalue weighted by Crippen LogP contribution is -2.40. The van der Waals surface area contributed by atoms with E-state index in [0.717, 1.165) is 69.5 Å². The molecule has 1 aliphatic carbocycles. The second kappa shape index (κ2) is 10.4. The summed E-state index contributed by atoms with van der Waals surface area (Å²) >= 11 is 0. The molecule has 0 amide bonds. The minimum Gasteiger partial charge on any atom is -0.493 e. The van der Waals surface area contributed by atoms with E-state index in [2.05, 4.69) is 17.9 Å². The molecular weight excluding hydrogens is 330 g/mol. The molecule has 1 aromatic carbocycles. The zero-order valence-corrected chi connectivity index (χ0v) is 16.4. The molecule has 0 aliphatic heterocycles. The van der Waals surface area contributed by atoms with Gasteiger partial charge < -0.3 is 19.5 Å². The molecule has 0 spiro atoms. The van der Waals surface area contributed by atoms with Gasteiger partial charge in [0.25, 0.3) is 0 Å². The van der Waals surface area contributed by atoms with Crippen LogP contribution < -0.4 is 9.47 Å². The Labute approximate surface area is 157 Å². The van der Waals surface area contributed by atoms with Gasteiger partial charge in [0.1, 0.15) is 0 Å². The number of benzene rings is 1. The molecule has 0 aromatic heterocycles. The molecule has 1 N–H and O–H groups in total. The molecule has 5 heteroatoms. The summed E-state index contributed by atoms with van der Waals surface area (Å²) in [6.45, 7) is 4.38. The lowest BCUT2D eigenvalue weighted by molar-refractivity contribution is -0.137. The van der Waals surface area contributed by atoms with E-state index in [1.54, 1.807) is 14.2 Å². The van der Waals surface area contributed by atoms with Crippen molar-refractivity contribution < 1.29 is 19.4 Å². The fourth-order valence-electron chi connectivity index (χ4n) is 4.01. The number of nitrogens with zero attached hydrogens (tertiary/aromatic N) is 1. The number of unbranched alkanes of at least 4 members (excludes halogenated alkanes) is 2. The molecule has 0 saturated heterocycles. The average molecular weight is 363 g/mol. The Bertz CT molecular complexity index is 588. The molecule has 0 bridgehead atoms. The van der Waals surface area contributed by atoms with Crippen molar-refractivity contribution in [2.75, 3.05) is 27.3 Å². The Balaban J connectivity index is 1.98. The number of carbonyl (C=O) groups is 1. The van der Waals surface area contributed by atoms with Crippen molar-refractivity contribution in [1.82, 2.24) is 4.90 Å². The molecule has 5 nitrogen and oxygen atoms in total. The SMILES string of the molecule is CCCN(CCCCCC(=O)O)[C@H]1CCc2c(ccc(OC)c2OC)C1. The van der Waals surface area contributed by atoms with Crippen LogP contribution in [-0.2, 0) is 17.6 Å². The number of aliphatic carboxylic acids is 1. The second-order valence-electron chi connectivity index (χ2n) is 7.08. The summed E-state index contributed by atoms with van der Waals surface area (Å²) in [7, 11) is 3.40. The number of hydrogen-bond acceptors (Lipinski definition) is 4. The molecule has 1 aromatic rings. The molecule has 0 heterocycles. The normalized spacial score (nSPS) is 16.4. The lowest BCUT2D eigenvalue weighted by atomic mass is 9.86. The van der Waals surface area contributed by atoms with E-state index < -0.39 is 5.97 Å². The maximum atomic E-state index is 10.6. The number of methoxy groups -OCH3 is 2. The summed E-state index contributed by atoms with van der Waals surface area (Å²) in [4.78, 5) is 13.2. The van der Waals surface area contributed by atoms with Gasteiger partial charge in [-0.3, -0.25) is 4.79 Å². The quantitative estimate of drug-likeness (QED) is 0.604. The van der Waals surface area contributed by atoms with E-state index in [1.807, 2.05) is 6.07 Å². The highest BCUT2D eigenvalue weighted by molar-refractivity contribution is 5.66. The van der Waals surface area contributed by atoms with E-state index in [0.29, 0.717) is 6.04 Å². The van der Waals surface area contributed by atoms with Crippen LogP contribution in [0, 0.1) is 0 Å². The maximum absolute atomic E-state index is 10.6. The third-order valence-electron chi connectivity index (χ3n) is 5.29. The first-order valence-electron chi connectivity index (χ1n) is 9.79. The van der Waals surface area contributed by atoms with Crippen molar-refractivity contribution in [3.8, 4) is 11.5 Å². The first kappa shape index (κ1) is 20.6. The molecule has 1 aliphatic rings. The van der Waals surface area contributed by atoms with Gasteiger partial charge in [-0.1, -0.05) is 19.4 Å². The zero-order valence-electron chi connectivity index (χ0n) is 16.4. The summed E-state index contributed by atoms with van der Waals surface area (Å²) in [5.41, 5.74) is 2.66. The molecule has 0 unspecified atom stereocenters. The molecule has 146 valence electrons. The van der Waals surface area contributed by atoms with Crippen LogP contribution in [0.4, 0.5) is 0 Å². The largest absolute Gasteiger partial charge is 0.493 e. The number of fused-ring (bicyclic) bond motifs is 1. The standard InChI is InChI=1S/C21H33NO4/c1-4-13-22(14-7-5-6-8-20(23)24)17-10-11-18-16(15-17)9-12-19(25-2)21(18)26-3/h9,12,17H,4-8,10-11,13-15H2,1-3H3,(H,23,24)/t17-/m0/s1. The van der Waals surface area contributed by atoms with Gasteiger partial charge in [-0.05, 0) is 63.2 Å². The summed E-state index contributed by atoms with van der Waals surface area (Å²) in [6, 6.07) is 4.75. The number of carboxylic acid groups (broad SMARTS) is 1. The summed E-state index contributed by atoms with van der Waals surface area (Å²) < 4.78 is 11.0. The molecule has 1 atom stereocenters. The van der Waals surface area contributed by atoms with Crippen LogP contribution in [0.2, 0.25) is 0 Å². The molecule has 0 fully saturated rings. The van der Waals surface area contributed by atoms with Crippen molar-refractivity contribution in [3.63, 3.8) is 0 Å². The predicted molar refractivity (Wildman–Crippen MR) is 103 cm³/mol. The van der Waals surface area contributed by atoms with Gasteiger partial charge in [-0.2, -0.15) is 0 Å². The first-order valence-corrected chi connectivity index (χ1v) is 9.79. The minimum absolute atomic E-state index is 0.284. The van der Waals surface area contributed by atoms with Crippen LogP contribution in [0.1, 0.15) is 56.6 Å². The first-order chi connectivity index (χ1) is 12.6. The third-order valence-corrected chi connectivity index (χ3v) is 5.29. The average Bonchev–Trinajstić information content (AvgIpc) is 2.65. The Morgan fingerprint density at radius 3 is 2.65 bits per heavy atom. The number of carboxylic acids is 1. The molecule has 26 heavy (non-hydrogen) atoms. The summed E-state index contributed by atoms with van der Waals surface area (Å²) in [5, 5.41) is 8.75. The van der Waals surface area contributed by atoms with Gasteiger partial charge in [0.15, 0.2) is 11.5 Å². The van der Waals surface area contributed by atoms with E-state index >= 15 is 0 Å². The topological polar surface area (TPSA) is 59.0 Å². The van der Waals surface area contributed by atoms with Gasteiger partial charge in [-0.15, -0.1) is 0 Å². The number of hydrogen-bond donors (Lipinski definition) is 1. The van der Waals surface area contributed by atoms with Gasteiger partial charge in [-0.25, -0.2) is 0 Å². The van der Waals surface area contributed by atoms with Crippen LogP contribution >= 0.6 is 0 Å². The van der Waals surface area contributed by atoms with E-state index in [1.165, 1.54) is 11.1 Å². The van der Waals surface area contributed by atoms with Gasteiger partial charge >= 0.3 is 5.97 Å². The Kier molecular flexibility index (Phi) is 8.23. The van der Waals surface area contributed by atoms with E-state index in [9.17, 15) is 4.79 Å². The van der Waals surface area contributed by atoms with Gasteiger partial charge in [0.05, 0.1) is 14.2 Å². The maximum Gasteiger partial charge on any atom is 0.303 e. The van der Waals surface area contributed by atoms with Crippen LogP contribution in [-0.4, -0.2) is 49.3 Å². The molecule has 2 rings (SSSR count). The highest BCUT2D eigenvalue weighted by Crippen LogP contribution is 2.38. The number of rotatable bonds is 11. The van der Waals surface area contributed by atoms with Crippen molar-refractivity contribution in [1.29, 1.82) is 0 Å². The molecule has 0 radical (unpaired) electrons. The van der Waals surface area contributed by atoms with Gasteiger partial charge in [0.2, 0.25) is 0 Å². The van der Waals surface area contributed by atoms with Crippen LogP contribution in [0.25, 0.3) is 0 Å². The third kappa shape index (κ3) is 5.37. The summed E-state index contributed by atoms with van der Waals surface area (Å²) in [6.07, 6.45) is 7.45. The fraction of sp³-hybridized carbons (Fsp3) is 0.667. The zero-order chi connectivity index (χ0) is 18.9. The van der Waals surface area contributed by atoms with Crippen molar-refractivity contribution in [2.45, 2.75) is 64.3 Å². The van der Waals surface area contributed by atoms with Crippen LogP contribution in [0.15, 0.2) is 12.1 Å². The van der Waals surface area contributed by atoms with Crippen molar-refractivity contribution in [3.05, 3.63) is 23.3 Å². The number of ether oxygens (including phenoxy) is 2. The Morgan fingerprint density at radius 1 is 1.19 bits per heavy atom. The second-order valence-corrected chi connectivity index (χ2v) is 7.08. The van der Waals surface area contributed by atoms with Crippen molar-refractivity contribution >= 4 is 5.97 Å². The summed E-state index contributed by atoms with van der Waals surface area (Å²) in [5.74, 6) is 1.01. The molecule has 0 saturated carbocycles. The Hall–Kier alpha value is -1.75. The van der Waals surface area contributed by atoms with Gasteiger partial charge in [0, 0.05) is 18.0 Å². The monoisotopic (exact) mass is 363 g/mol. The van der Waals surface area contributed by atoms with E-state index in [-0.39, 0.29) is 6.42 Å². The minimum atomic E-state index is -0.691. The van der Waals surface area contributed by atoms with Crippen LogP contribution in [0.5, 0.6) is 11.5 Å². The highest BCUT2D eigenvalue weighted by atomic mass is 16.5. The highest BCUT2D eigenvalue weighted by Gasteiger charge is 2.26. The van der Waals surface area contributed by atoms with Crippen LogP contribution in [0.3, 0.4) is 0 Å². The van der Waals surface area contributed by atoms with E-state index in [4.69, 9.17) is 14.6 Å². The predicted octanol–water partition coefficient (Wildman–Crippen LogP) is 3.92. The smallest absolute Gasteiger partial charge is 0.303 e. The fourth-order valence-corrected chi connectivity index (χ4v) is 4.01.